The molecule has 1 aliphatic heterocycles. The van der Waals surface area contributed by atoms with Crippen molar-refractivity contribution in [2.24, 2.45) is 0 Å². The van der Waals surface area contributed by atoms with Gasteiger partial charge in [-0.15, -0.1) is 11.8 Å². The molecular weight excluding hydrogens is 302 g/mol. The van der Waals surface area contributed by atoms with Crippen LogP contribution < -0.4 is 5.32 Å². The molecule has 2 rings (SSSR count). The van der Waals surface area contributed by atoms with Crippen molar-refractivity contribution in [3.05, 3.63) is 11.8 Å². The first-order chi connectivity index (χ1) is 10.6. The second-order valence-electron chi connectivity index (χ2n) is 5.56. The summed E-state index contributed by atoms with van der Waals surface area (Å²) < 4.78 is 4.90. The van der Waals surface area contributed by atoms with E-state index in [1.807, 2.05) is 4.90 Å². The molecule has 1 aromatic heterocycles. The van der Waals surface area contributed by atoms with Crippen molar-refractivity contribution in [1.29, 1.82) is 0 Å². The minimum Gasteiger partial charge on any atom is -0.360 e. The van der Waals surface area contributed by atoms with Gasteiger partial charge < -0.3 is 14.7 Å². The van der Waals surface area contributed by atoms with E-state index in [4.69, 9.17) is 4.52 Å². The van der Waals surface area contributed by atoms with E-state index >= 15 is 0 Å². The molecule has 0 aliphatic carbocycles. The van der Waals surface area contributed by atoms with Gasteiger partial charge in [0.2, 0.25) is 11.8 Å². The Morgan fingerprint density at radius 2 is 2.05 bits per heavy atom. The number of aromatic nitrogens is 1. The van der Waals surface area contributed by atoms with E-state index in [2.05, 4.69) is 10.5 Å². The number of hydrogen-bond acceptors (Lipinski definition) is 5. The Balaban J connectivity index is 1.75. The average Bonchev–Trinajstić information content (AvgIpc) is 2.76. The Morgan fingerprint density at radius 1 is 1.36 bits per heavy atom. The van der Waals surface area contributed by atoms with Crippen LogP contribution in [0.4, 0.5) is 5.82 Å². The summed E-state index contributed by atoms with van der Waals surface area (Å²) in [5.74, 6) is 1.36. The van der Waals surface area contributed by atoms with Crippen molar-refractivity contribution in [1.82, 2.24) is 10.1 Å². The number of amides is 2. The van der Waals surface area contributed by atoms with Crippen molar-refractivity contribution in [3.63, 3.8) is 0 Å². The molecule has 1 saturated heterocycles. The molecule has 1 N–H and O–H groups in total. The molecule has 1 aromatic rings. The van der Waals surface area contributed by atoms with Gasteiger partial charge in [-0.25, -0.2) is 0 Å². The monoisotopic (exact) mass is 325 g/mol. The first-order valence-corrected chi connectivity index (χ1v) is 8.74. The summed E-state index contributed by atoms with van der Waals surface area (Å²) in [5.41, 5.74) is 0. The number of anilines is 1. The number of nitrogens with one attached hydrogen (secondary N) is 1. The van der Waals surface area contributed by atoms with Crippen LogP contribution in [0.2, 0.25) is 0 Å². The lowest BCUT2D eigenvalue weighted by molar-refractivity contribution is -0.128. The number of carbonyl (C=O) groups excluding carboxylic acids is 2. The summed E-state index contributed by atoms with van der Waals surface area (Å²) >= 11 is 1.36. The molecule has 22 heavy (non-hydrogen) atoms. The molecule has 0 bridgehead atoms. The predicted octanol–water partition coefficient (Wildman–Crippen LogP) is 2.45. The van der Waals surface area contributed by atoms with Crippen molar-refractivity contribution in [3.8, 4) is 0 Å². The highest BCUT2D eigenvalue weighted by molar-refractivity contribution is 8.01. The average molecular weight is 325 g/mol. The van der Waals surface area contributed by atoms with Gasteiger partial charge in [0.25, 0.3) is 0 Å². The topological polar surface area (TPSA) is 75.4 Å². The van der Waals surface area contributed by atoms with Gasteiger partial charge in [0, 0.05) is 19.2 Å². The maximum Gasteiger partial charge on any atom is 0.238 e. The summed E-state index contributed by atoms with van der Waals surface area (Å²) in [6.07, 6.45) is 4.57. The zero-order valence-corrected chi connectivity index (χ0v) is 13.9. The van der Waals surface area contributed by atoms with Crippen LogP contribution in [0.1, 0.15) is 38.4 Å². The zero-order valence-electron chi connectivity index (χ0n) is 13.1. The van der Waals surface area contributed by atoms with Crippen LogP contribution in [-0.2, 0) is 9.59 Å². The van der Waals surface area contributed by atoms with E-state index in [1.165, 1.54) is 24.6 Å². The smallest absolute Gasteiger partial charge is 0.238 e. The summed E-state index contributed by atoms with van der Waals surface area (Å²) in [5, 5.41) is 6.10. The van der Waals surface area contributed by atoms with E-state index in [-0.39, 0.29) is 17.1 Å². The van der Waals surface area contributed by atoms with Gasteiger partial charge >= 0.3 is 0 Å². The molecule has 0 unspecified atom stereocenters. The van der Waals surface area contributed by atoms with Crippen LogP contribution >= 0.6 is 11.8 Å². The van der Waals surface area contributed by atoms with Gasteiger partial charge in [-0.2, -0.15) is 0 Å². The van der Waals surface area contributed by atoms with E-state index in [0.717, 1.165) is 25.9 Å². The third kappa shape index (κ3) is 5.05. The summed E-state index contributed by atoms with van der Waals surface area (Å²) in [6, 6.07) is 1.66. The molecule has 122 valence electrons. The molecule has 1 aliphatic rings. The second kappa shape index (κ2) is 8.22. The molecule has 7 heteroatoms. The van der Waals surface area contributed by atoms with Crippen LogP contribution in [0.25, 0.3) is 0 Å². The minimum atomic E-state index is -0.312. The first-order valence-electron chi connectivity index (χ1n) is 7.70. The molecule has 6 nitrogen and oxygen atoms in total. The number of likely N-dealkylation sites (tertiary alicyclic amines) is 1. The molecule has 1 atom stereocenters. The number of rotatable bonds is 5. The van der Waals surface area contributed by atoms with Gasteiger partial charge in [0.15, 0.2) is 5.82 Å². The zero-order chi connectivity index (χ0) is 15.9. The van der Waals surface area contributed by atoms with Gasteiger partial charge in [0.05, 0.1) is 11.0 Å². The van der Waals surface area contributed by atoms with Crippen LogP contribution in [0, 0.1) is 6.92 Å². The lowest BCUT2D eigenvalue weighted by Crippen LogP contribution is -2.34. The minimum absolute atomic E-state index is 0.129. The number of nitrogens with zero attached hydrogens (tertiary/aromatic N) is 2. The fraction of sp³-hybridized carbons (Fsp3) is 0.667. The van der Waals surface area contributed by atoms with E-state index in [0.29, 0.717) is 17.3 Å². The first kappa shape index (κ1) is 16.9. The third-order valence-electron chi connectivity index (χ3n) is 3.66. The fourth-order valence-corrected chi connectivity index (χ4v) is 3.12. The number of thioether (sulfide) groups is 1. The lowest BCUT2D eigenvalue weighted by atomic mass is 10.2. The molecule has 2 amide bonds. The Bertz CT molecular complexity index is 510. The maximum absolute atomic E-state index is 12.2. The highest BCUT2D eigenvalue weighted by Gasteiger charge is 2.20. The number of aryl methyl sites for hydroxylation is 1. The van der Waals surface area contributed by atoms with Crippen LogP contribution in [0.5, 0.6) is 0 Å². The van der Waals surface area contributed by atoms with Crippen molar-refractivity contribution in [2.75, 3.05) is 24.2 Å². The summed E-state index contributed by atoms with van der Waals surface area (Å²) in [6.45, 7) is 5.25. The standard InChI is InChI=1S/C15H23N3O3S/c1-11-9-13(17-21-11)16-15(20)12(2)22-10-14(19)18-7-5-3-4-6-8-18/h9,12H,3-8,10H2,1-2H3,(H,16,17,20)/t12-/m1/s1. The maximum atomic E-state index is 12.2. The Hall–Kier alpha value is -1.50. The Labute approximate surface area is 135 Å². The predicted molar refractivity (Wildman–Crippen MR) is 86.8 cm³/mol. The largest absolute Gasteiger partial charge is 0.360 e. The van der Waals surface area contributed by atoms with Crippen LogP contribution in [0.15, 0.2) is 10.6 Å². The molecule has 2 heterocycles. The summed E-state index contributed by atoms with van der Waals surface area (Å²) in [4.78, 5) is 26.1. The Morgan fingerprint density at radius 3 is 2.64 bits per heavy atom. The van der Waals surface area contributed by atoms with Gasteiger partial charge in [-0.1, -0.05) is 18.0 Å². The molecule has 0 aromatic carbocycles. The molecule has 1 fully saturated rings. The summed E-state index contributed by atoms with van der Waals surface area (Å²) in [7, 11) is 0. The second-order valence-corrected chi connectivity index (χ2v) is 6.89. The molecule has 0 radical (unpaired) electrons. The highest BCUT2D eigenvalue weighted by atomic mass is 32.2. The highest BCUT2D eigenvalue weighted by Crippen LogP contribution is 2.16. The molecular formula is C15H23N3O3S. The quantitative estimate of drug-likeness (QED) is 0.900. The van der Waals surface area contributed by atoms with Crippen molar-refractivity contribution >= 4 is 29.4 Å². The Kier molecular flexibility index (Phi) is 6.30. The van der Waals surface area contributed by atoms with E-state index < -0.39 is 0 Å². The number of hydrogen-bond donors (Lipinski definition) is 1. The SMILES string of the molecule is Cc1cc(NC(=O)[C@@H](C)SCC(=O)N2CCCCCC2)no1. The van der Waals surface area contributed by atoms with Crippen LogP contribution in [-0.4, -0.2) is 46.0 Å². The fourth-order valence-electron chi connectivity index (χ4n) is 2.34. The lowest BCUT2D eigenvalue weighted by Gasteiger charge is -2.20. The molecule has 0 saturated carbocycles. The van der Waals surface area contributed by atoms with E-state index in [1.54, 1.807) is 19.9 Å². The van der Waals surface area contributed by atoms with Gasteiger partial charge in [-0.05, 0) is 26.7 Å². The third-order valence-corrected chi connectivity index (χ3v) is 4.79. The van der Waals surface area contributed by atoms with Gasteiger partial charge in [0.1, 0.15) is 5.76 Å². The van der Waals surface area contributed by atoms with Crippen LogP contribution in [0.3, 0.4) is 0 Å². The van der Waals surface area contributed by atoms with E-state index in [9.17, 15) is 9.59 Å². The molecule has 0 spiro atoms. The normalized spacial score (nSPS) is 16.9. The van der Waals surface area contributed by atoms with Gasteiger partial charge in [-0.3, -0.25) is 9.59 Å². The number of carbonyl (C=O) groups is 2. The van der Waals surface area contributed by atoms with Crippen molar-refractivity contribution in [2.45, 2.75) is 44.8 Å². The van der Waals surface area contributed by atoms with Crippen molar-refractivity contribution < 1.29 is 14.1 Å².